The van der Waals surface area contributed by atoms with Gasteiger partial charge in [0.2, 0.25) is 12.2 Å². The SMILES string of the molecule is Cc1ccc(C(=O)NC2(N(C=O)C(CC(C)C)C(=O)c3nnc(SCCN(C)C)o3)CCCCC2)cc1. The average Bonchev–Trinajstić information content (AvgIpc) is 3.33. The Balaban J connectivity index is 1.89. The van der Waals surface area contributed by atoms with Gasteiger partial charge in [-0.3, -0.25) is 14.4 Å². The van der Waals surface area contributed by atoms with Crippen molar-refractivity contribution in [3.05, 3.63) is 41.3 Å². The molecule has 3 rings (SSSR count). The number of benzene rings is 1. The minimum Gasteiger partial charge on any atom is -0.408 e. The van der Waals surface area contributed by atoms with Gasteiger partial charge in [0.1, 0.15) is 11.7 Å². The molecule has 2 amide bonds. The number of amides is 2. The Morgan fingerprint density at radius 1 is 1.14 bits per heavy atom. The number of hydrogen-bond acceptors (Lipinski definition) is 8. The standard InChI is InChI=1S/C27H39N5O4S/c1-19(2)17-22(23(34)25-29-30-26(36-25)37-16-15-31(4)5)32(18-33)27(13-7-6-8-14-27)28-24(35)21-11-9-20(3)10-12-21/h9-12,18-19,22H,6-8,13-17H2,1-5H3,(H,28,35). The van der Waals surface area contributed by atoms with Gasteiger partial charge in [0.25, 0.3) is 17.0 Å². The topological polar surface area (TPSA) is 109 Å². The van der Waals surface area contributed by atoms with E-state index in [9.17, 15) is 14.4 Å². The predicted molar refractivity (Wildman–Crippen MR) is 144 cm³/mol. The van der Waals surface area contributed by atoms with Gasteiger partial charge < -0.3 is 19.5 Å². The summed E-state index contributed by atoms with van der Waals surface area (Å²) in [6.07, 6.45) is 4.94. The summed E-state index contributed by atoms with van der Waals surface area (Å²) < 4.78 is 5.71. The zero-order chi connectivity index (χ0) is 27.0. The van der Waals surface area contributed by atoms with Crippen molar-refractivity contribution < 1.29 is 18.8 Å². The van der Waals surface area contributed by atoms with Crippen LogP contribution in [0, 0.1) is 12.8 Å². The number of aryl methyl sites for hydroxylation is 1. The van der Waals surface area contributed by atoms with E-state index >= 15 is 0 Å². The van der Waals surface area contributed by atoms with Crippen LogP contribution in [-0.4, -0.2) is 76.2 Å². The molecule has 1 fully saturated rings. The smallest absolute Gasteiger partial charge is 0.286 e. The lowest BCUT2D eigenvalue weighted by Gasteiger charge is -2.48. The van der Waals surface area contributed by atoms with Crippen LogP contribution in [0.25, 0.3) is 0 Å². The Labute approximate surface area is 223 Å². The molecule has 1 heterocycles. The van der Waals surface area contributed by atoms with Gasteiger partial charge in [-0.05, 0) is 71.2 Å². The Morgan fingerprint density at radius 2 is 1.81 bits per heavy atom. The molecule has 9 nitrogen and oxygen atoms in total. The first kappa shape index (κ1) is 28.8. The summed E-state index contributed by atoms with van der Waals surface area (Å²) in [6.45, 7) is 6.79. The molecule has 2 aromatic rings. The highest BCUT2D eigenvalue weighted by molar-refractivity contribution is 7.99. The van der Waals surface area contributed by atoms with E-state index in [1.807, 2.05) is 51.9 Å². The van der Waals surface area contributed by atoms with E-state index in [1.165, 1.54) is 16.7 Å². The van der Waals surface area contributed by atoms with E-state index in [1.54, 1.807) is 12.1 Å². The number of carbonyl (C=O) groups is 3. The molecule has 0 radical (unpaired) electrons. The molecule has 37 heavy (non-hydrogen) atoms. The van der Waals surface area contributed by atoms with Gasteiger partial charge in [0.15, 0.2) is 0 Å². The third kappa shape index (κ3) is 7.64. The summed E-state index contributed by atoms with van der Waals surface area (Å²) >= 11 is 1.39. The lowest BCUT2D eigenvalue weighted by atomic mass is 9.84. The second-order valence-electron chi connectivity index (χ2n) is 10.5. The third-order valence-corrected chi connectivity index (χ3v) is 7.46. The highest BCUT2D eigenvalue weighted by Crippen LogP contribution is 2.35. The van der Waals surface area contributed by atoms with Gasteiger partial charge in [0, 0.05) is 17.9 Å². The number of thioether (sulfide) groups is 1. The zero-order valence-corrected chi connectivity index (χ0v) is 23.3. The van der Waals surface area contributed by atoms with Crippen LogP contribution in [0.1, 0.15) is 79.0 Å². The van der Waals surface area contributed by atoms with Gasteiger partial charge in [-0.1, -0.05) is 49.7 Å². The molecule has 10 heteroatoms. The first-order valence-corrected chi connectivity index (χ1v) is 13.9. The van der Waals surface area contributed by atoms with Crippen molar-refractivity contribution in [2.45, 2.75) is 76.2 Å². The number of carbonyl (C=O) groups excluding carboxylic acids is 3. The zero-order valence-electron chi connectivity index (χ0n) is 22.5. The first-order chi connectivity index (χ1) is 17.6. The second kappa shape index (κ2) is 13.2. The molecule has 1 aromatic heterocycles. The molecule has 0 spiro atoms. The van der Waals surface area contributed by atoms with Crippen molar-refractivity contribution in [1.29, 1.82) is 0 Å². The molecule has 1 atom stereocenters. The summed E-state index contributed by atoms with van der Waals surface area (Å²) in [5.41, 5.74) is 0.602. The average molecular weight is 530 g/mol. The maximum atomic E-state index is 13.7. The maximum Gasteiger partial charge on any atom is 0.286 e. The lowest BCUT2D eigenvalue weighted by molar-refractivity contribution is -0.129. The van der Waals surface area contributed by atoms with Crippen molar-refractivity contribution >= 4 is 29.9 Å². The largest absolute Gasteiger partial charge is 0.408 e. The highest BCUT2D eigenvalue weighted by Gasteiger charge is 2.45. The van der Waals surface area contributed by atoms with Crippen LogP contribution in [-0.2, 0) is 4.79 Å². The van der Waals surface area contributed by atoms with Crippen molar-refractivity contribution in [1.82, 2.24) is 25.3 Å². The quantitative estimate of drug-likeness (QED) is 0.178. The molecule has 1 unspecified atom stereocenters. The van der Waals surface area contributed by atoms with E-state index in [2.05, 4.69) is 15.5 Å². The van der Waals surface area contributed by atoms with Gasteiger partial charge in [-0.2, -0.15) is 0 Å². The van der Waals surface area contributed by atoms with Crippen LogP contribution in [0.3, 0.4) is 0 Å². The van der Waals surface area contributed by atoms with Crippen LogP contribution in [0.4, 0.5) is 0 Å². The summed E-state index contributed by atoms with van der Waals surface area (Å²) in [6, 6.07) is 6.48. The van der Waals surface area contributed by atoms with Gasteiger partial charge in [-0.15, -0.1) is 10.2 Å². The summed E-state index contributed by atoms with van der Waals surface area (Å²) in [5.74, 6) is 0.0823. The predicted octanol–water partition coefficient (Wildman–Crippen LogP) is 4.18. The van der Waals surface area contributed by atoms with E-state index in [-0.39, 0.29) is 17.7 Å². The molecule has 1 aromatic carbocycles. The van der Waals surface area contributed by atoms with Crippen LogP contribution < -0.4 is 5.32 Å². The molecule has 1 N–H and O–H groups in total. The summed E-state index contributed by atoms with van der Waals surface area (Å²) in [4.78, 5) is 43.3. The van der Waals surface area contributed by atoms with Crippen LogP contribution >= 0.6 is 11.8 Å². The fraction of sp³-hybridized carbons (Fsp3) is 0.593. The Kier molecular flexibility index (Phi) is 10.3. The number of nitrogens with zero attached hydrogens (tertiary/aromatic N) is 4. The van der Waals surface area contributed by atoms with Gasteiger partial charge >= 0.3 is 0 Å². The highest BCUT2D eigenvalue weighted by atomic mass is 32.2. The first-order valence-electron chi connectivity index (χ1n) is 12.9. The summed E-state index contributed by atoms with van der Waals surface area (Å²) in [7, 11) is 3.96. The Morgan fingerprint density at radius 3 is 2.41 bits per heavy atom. The van der Waals surface area contributed by atoms with Crippen molar-refractivity contribution in [2.75, 3.05) is 26.4 Å². The number of rotatable bonds is 13. The van der Waals surface area contributed by atoms with Crippen molar-refractivity contribution in [2.24, 2.45) is 5.92 Å². The van der Waals surface area contributed by atoms with Crippen molar-refractivity contribution in [3.8, 4) is 0 Å². The normalized spacial score (nSPS) is 16.0. The molecule has 1 aliphatic carbocycles. The molecule has 202 valence electrons. The molecular formula is C27H39N5O4S. The van der Waals surface area contributed by atoms with E-state index < -0.39 is 17.5 Å². The van der Waals surface area contributed by atoms with Crippen LogP contribution in [0.2, 0.25) is 0 Å². The van der Waals surface area contributed by atoms with E-state index in [0.717, 1.165) is 37.1 Å². The maximum absolute atomic E-state index is 13.7. The fourth-order valence-electron chi connectivity index (χ4n) is 4.66. The number of aromatic nitrogens is 2. The van der Waals surface area contributed by atoms with Crippen LogP contribution in [0.5, 0.6) is 0 Å². The molecule has 0 aliphatic heterocycles. The number of ketones is 1. The lowest BCUT2D eigenvalue weighted by Crippen LogP contribution is -2.65. The number of nitrogens with one attached hydrogen (secondary N) is 1. The molecule has 0 bridgehead atoms. The Bertz CT molecular complexity index is 1050. The number of hydrogen-bond donors (Lipinski definition) is 1. The summed E-state index contributed by atoms with van der Waals surface area (Å²) in [5, 5.41) is 11.5. The minimum absolute atomic E-state index is 0.110. The second-order valence-corrected chi connectivity index (χ2v) is 11.5. The molecular weight excluding hydrogens is 490 g/mol. The third-order valence-electron chi connectivity index (χ3n) is 6.66. The monoisotopic (exact) mass is 529 g/mol. The molecule has 0 saturated heterocycles. The van der Waals surface area contributed by atoms with E-state index in [4.69, 9.17) is 4.42 Å². The Hall–Kier alpha value is -2.72. The van der Waals surface area contributed by atoms with E-state index in [0.29, 0.717) is 36.5 Å². The van der Waals surface area contributed by atoms with Crippen LogP contribution in [0.15, 0.2) is 33.9 Å². The minimum atomic E-state index is -0.972. The van der Waals surface area contributed by atoms with Gasteiger partial charge in [0.05, 0.1) is 0 Å². The fourth-order valence-corrected chi connectivity index (χ4v) is 5.53. The number of Topliss-reactive ketones (excluding diaryl/α,β-unsaturated/α-hetero) is 1. The van der Waals surface area contributed by atoms with Crippen molar-refractivity contribution in [3.63, 3.8) is 0 Å². The molecule has 1 saturated carbocycles. The molecule has 1 aliphatic rings. The van der Waals surface area contributed by atoms with Gasteiger partial charge in [-0.25, -0.2) is 0 Å².